The van der Waals surface area contributed by atoms with Crippen molar-refractivity contribution in [3.8, 4) is 5.75 Å². The number of methoxy groups -OCH3 is 1. The van der Waals surface area contributed by atoms with Crippen LogP contribution in [0.4, 0.5) is 11.4 Å². The van der Waals surface area contributed by atoms with Gasteiger partial charge in [-0.25, -0.2) is 0 Å². The lowest BCUT2D eigenvalue weighted by molar-refractivity contribution is -0.385. The standard InChI is InChI=1S/C13H18N2O5/c1-3-20-13(16)5-4-8-14-10-6-7-11(15(17)18)12(9-10)19-2/h6-7,9,14H,3-5,8H2,1-2H3. The van der Waals surface area contributed by atoms with Gasteiger partial charge in [-0.05, 0) is 19.4 Å². The second-order valence-electron chi connectivity index (χ2n) is 3.98. The molecule has 0 unspecified atom stereocenters. The van der Waals surface area contributed by atoms with Gasteiger partial charge in [0.15, 0.2) is 5.75 Å². The molecule has 0 aromatic heterocycles. The van der Waals surface area contributed by atoms with Crippen LogP contribution in [-0.2, 0) is 9.53 Å². The van der Waals surface area contributed by atoms with Crippen LogP contribution in [0.15, 0.2) is 18.2 Å². The van der Waals surface area contributed by atoms with E-state index in [1.165, 1.54) is 13.2 Å². The van der Waals surface area contributed by atoms with E-state index in [4.69, 9.17) is 9.47 Å². The van der Waals surface area contributed by atoms with Crippen LogP contribution in [0.25, 0.3) is 0 Å². The highest BCUT2D eigenvalue weighted by molar-refractivity contribution is 5.69. The zero-order valence-electron chi connectivity index (χ0n) is 11.5. The molecule has 1 N–H and O–H groups in total. The molecule has 1 aromatic rings. The Hall–Kier alpha value is -2.31. The second-order valence-corrected chi connectivity index (χ2v) is 3.98. The molecule has 7 nitrogen and oxygen atoms in total. The van der Waals surface area contributed by atoms with Gasteiger partial charge in [-0.1, -0.05) is 0 Å². The average molecular weight is 282 g/mol. The van der Waals surface area contributed by atoms with Crippen LogP contribution in [0.2, 0.25) is 0 Å². The van der Waals surface area contributed by atoms with Crippen molar-refractivity contribution in [3.05, 3.63) is 28.3 Å². The van der Waals surface area contributed by atoms with Crippen molar-refractivity contribution in [2.75, 3.05) is 25.6 Å². The number of hydrogen-bond acceptors (Lipinski definition) is 6. The highest BCUT2D eigenvalue weighted by Crippen LogP contribution is 2.29. The van der Waals surface area contributed by atoms with Crippen molar-refractivity contribution in [1.29, 1.82) is 0 Å². The van der Waals surface area contributed by atoms with Crippen LogP contribution >= 0.6 is 0 Å². The van der Waals surface area contributed by atoms with E-state index < -0.39 is 4.92 Å². The first-order valence-electron chi connectivity index (χ1n) is 6.30. The topological polar surface area (TPSA) is 90.7 Å². The maximum Gasteiger partial charge on any atom is 0.311 e. The summed E-state index contributed by atoms with van der Waals surface area (Å²) in [5.74, 6) is -0.0269. The van der Waals surface area contributed by atoms with E-state index in [-0.39, 0.29) is 17.4 Å². The molecule has 1 aromatic carbocycles. The number of nitrogens with one attached hydrogen (secondary N) is 1. The molecule has 0 radical (unpaired) electrons. The van der Waals surface area contributed by atoms with Gasteiger partial charge < -0.3 is 14.8 Å². The SMILES string of the molecule is CCOC(=O)CCCNc1ccc([N+](=O)[O-])c(OC)c1. The Morgan fingerprint density at radius 2 is 2.20 bits per heavy atom. The van der Waals surface area contributed by atoms with Crippen LogP contribution in [0.3, 0.4) is 0 Å². The normalized spacial score (nSPS) is 9.90. The van der Waals surface area contributed by atoms with Crippen molar-refractivity contribution in [2.45, 2.75) is 19.8 Å². The number of hydrogen-bond donors (Lipinski definition) is 1. The minimum atomic E-state index is -0.497. The highest BCUT2D eigenvalue weighted by atomic mass is 16.6. The van der Waals surface area contributed by atoms with Gasteiger partial charge in [-0.2, -0.15) is 0 Å². The summed E-state index contributed by atoms with van der Waals surface area (Å²) in [6.07, 6.45) is 0.961. The van der Waals surface area contributed by atoms with E-state index in [1.807, 2.05) is 0 Å². The van der Waals surface area contributed by atoms with Crippen LogP contribution in [0.1, 0.15) is 19.8 Å². The van der Waals surface area contributed by atoms with Crippen LogP contribution in [0, 0.1) is 10.1 Å². The minimum Gasteiger partial charge on any atom is -0.490 e. The lowest BCUT2D eigenvalue weighted by Crippen LogP contribution is -2.08. The Bertz CT molecular complexity index is 476. The molecular formula is C13H18N2O5. The molecule has 0 atom stereocenters. The predicted octanol–water partition coefficient (Wildman–Crippen LogP) is 2.36. The third-order valence-corrected chi connectivity index (χ3v) is 2.57. The summed E-state index contributed by atoms with van der Waals surface area (Å²) in [6, 6.07) is 4.54. The molecule has 0 bridgehead atoms. The van der Waals surface area contributed by atoms with Crippen molar-refractivity contribution < 1.29 is 19.2 Å². The van der Waals surface area contributed by atoms with E-state index in [0.29, 0.717) is 31.7 Å². The van der Waals surface area contributed by atoms with Crippen molar-refractivity contribution in [1.82, 2.24) is 0 Å². The molecule has 0 heterocycles. The number of nitrogens with zero attached hydrogens (tertiary/aromatic N) is 1. The number of nitro groups is 1. The predicted molar refractivity (Wildman–Crippen MR) is 74.0 cm³/mol. The van der Waals surface area contributed by atoms with Gasteiger partial charge in [0.2, 0.25) is 0 Å². The summed E-state index contributed by atoms with van der Waals surface area (Å²) in [4.78, 5) is 21.4. The van der Waals surface area contributed by atoms with Crippen molar-refractivity contribution >= 4 is 17.3 Å². The van der Waals surface area contributed by atoms with E-state index in [2.05, 4.69) is 5.32 Å². The maximum absolute atomic E-state index is 11.1. The first-order chi connectivity index (χ1) is 9.58. The molecule has 7 heteroatoms. The van der Waals surface area contributed by atoms with Crippen LogP contribution in [-0.4, -0.2) is 31.2 Å². The van der Waals surface area contributed by atoms with Crippen molar-refractivity contribution in [3.63, 3.8) is 0 Å². The third-order valence-electron chi connectivity index (χ3n) is 2.57. The average Bonchev–Trinajstić information content (AvgIpc) is 2.43. The molecule has 0 amide bonds. The number of nitro benzene ring substituents is 1. The fraction of sp³-hybridized carbons (Fsp3) is 0.462. The largest absolute Gasteiger partial charge is 0.490 e. The van der Waals surface area contributed by atoms with E-state index in [0.717, 1.165) is 0 Å². The van der Waals surface area contributed by atoms with Crippen LogP contribution < -0.4 is 10.1 Å². The molecule has 0 aliphatic heterocycles. The quantitative estimate of drug-likeness (QED) is 0.340. The molecule has 0 spiro atoms. The zero-order chi connectivity index (χ0) is 15.0. The van der Waals surface area contributed by atoms with Gasteiger partial charge >= 0.3 is 11.7 Å². The van der Waals surface area contributed by atoms with Gasteiger partial charge in [-0.3, -0.25) is 14.9 Å². The molecule has 20 heavy (non-hydrogen) atoms. The third kappa shape index (κ3) is 4.75. The molecule has 0 aliphatic rings. The summed E-state index contributed by atoms with van der Waals surface area (Å²) in [5.41, 5.74) is 0.626. The molecular weight excluding hydrogens is 264 g/mol. The molecule has 1 rings (SSSR count). The Kier molecular flexibility index (Phi) is 6.28. The first-order valence-corrected chi connectivity index (χ1v) is 6.30. The lowest BCUT2D eigenvalue weighted by Gasteiger charge is -2.08. The van der Waals surface area contributed by atoms with Crippen molar-refractivity contribution in [2.24, 2.45) is 0 Å². The number of benzene rings is 1. The Labute approximate surface area is 117 Å². The van der Waals surface area contributed by atoms with Gasteiger partial charge in [0.1, 0.15) is 0 Å². The van der Waals surface area contributed by atoms with Gasteiger partial charge in [0.05, 0.1) is 18.6 Å². The number of carbonyl (C=O) groups excluding carboxylic acids is 1. The Morgan fingerprint density at radius 3 is 2.80 bits per heavy atom. The van der Waals surface area contributed by atoms with E-state index in [9.17, 15) is 14.9 Å². The zero-order valence-corrected chi connectivity index (χ0v) is 11.5. The van der Waals surface area contributed by atoms with Gasteiger partial charge in [0, 0.05) is 30.8 Å². The molecule has 0 aliphatic carbocycles. The minimum absolute atomic E-state index is 0.0791. The molecule has 0 saturated carbocycles. The van der Waals surface area contributed by atoms with Gasteiger partial charge in [-0.15, -0.1) is 0 Å². The number of anilines is 1. The number of ether oxygens (including phenoxy) is 2. The summed E-state index contributed by atoms with van der Waals surface area (Å²) in [5, 5.41) is 13.8. The monoisotopic (exact) mass is 282 g/mol. The Morgan fingerprint density at radius 1 is 1.45 bits per heavy atom. The number of rotatable bonds is 8. The van der Waals surface area contributed by atoms with E-state index >= 15 is 0 Å². The fourth-order valence-electron chi connectivity index (χ4n) is 1.64. The van der Waals surface area contributed by atoms with Crippen LogP contribution in [0.5, 0.6) is 5.75 Å². The van der Waals surface area contributed by atoms with Gasteiger partial charge in [0.25, 0.3) is 0 Å². The lowest BCUT2D eigenvalue weighted by atomic mass is 10.2. The summed E-state index contributed by atoms with van der Waals surface area (Å²) < 4.78 is 9.78. The van der Waals surface area contributed by atoms with E-state index in [1.54, 1.807) is 19.1 Å². The molecule has 0 fully saturated rings. The molecule has 0 saturated heterocycles. The maximum atomic E-state index is 11.1. The summed E-state index contributed by atoms with van der Waals surface area (Å²) in [6.45, 7) is 2.71. The summed E-state index contributed by atoms with van der Waals surface area (Å²) >= 11 is 0. The second kappa shape index (κ2) is 7.98. The fourth-order valence-corrected chi connectivity index (χ4v) is 1.64. The summed E-state index contributed by atoms with van der Waals surface area (Å²) in [7, 11) is 1.38. The highest BCUT2D eigenvalue weighted by Gasteiger charge is 2.14. The molecule has 110 valence electrons. The first kappa shape index (κ1) is 15.7. The Balaban J connectivity index is 2.49. The smallest absolute Gasteiger partial charge is 0.311 e. The number of carbonyl (C=O) groups is 1. The number of esters is 1.